The number of benzene rings is 3. The van der Waals surface area contributed by atoms with Crippen LogP contribution in [0.2, 0.25) is 0 Å². The topological polar surface area (TPSA) is 73.1 Å². The fraction of sp³-hybridized carbons (Fsp3) is 0.200. The van der Waals surface area contributed by atoms with E-state index in [-0.39, 0.29) is 5.91 Å². The van der Waals surface area contributed by atoms with Gasteiger partial charge in [0.05, 0.1) is 18.5 Å². The zero-order valence-corrected chi connectivity index (χ0v) is 18.0. The number of hydrogen-bond donors (Lipinski definition) is 0. The first-order chi connectivity index (χ1) is 15.7. The predicted octanol–water partition coefficient (Wildman–Crippen LogP) is 4.37. The van der Waals surface area contributed by atoms with E-state index in [2.05, 4.69) is 27.5 Å². The molecular weight excluding hydrogens is 402 g/mol. The summed E-state index contributed by atoms with van der Waals surface area (Å²) in [6.45, 7) is 1.80. The number of para-hydroxylation sites is 2. The average molecular weight is 425 g/mol. The molecule has 2 heterocycles. The van der Waals surface area contributed by atoms with Gasteiger partial charge in [-0.1, -0.05) is 36.4 Å². The molecule has 160 valence electrons. The lowest BCUT2D eigenvalue weighted by Gasteiger charge is -2.27. The molecule has 0 N–H and O–H groups in total. The highest BCUT2D eigenvalue weighted by molar-refractivity contribution is 6.04. The molecule has 7 heteroatoms. The first-order valence-electron chi connectivity index (χ1n) is 10.6. The van der Waals surface area contributed by atoms with Gasteiger partial charge in [-0.2, -0.15) is 4.80 Å². The van der Waals surface area contributed by atoms with Crippen LogP contribution in [0.15, 0.2) is 72.8 Å². The molecule has 1 atom stereocenters. The molecule has 1 aliphatic rings. The summed E-state index contributed by atoms with van der Waals surface area (Å²) in [4.78, 5) is 17.0. The second-order valence-electron chi connectivity index (χ2n) is 7.77. The second kappa shape index (κ2) is 8.26. The number of carbonyl (C=O) groups is 1. The first kappa shape index (κ1) is 19.9. The molecule has 0 fully saturated rings. The van der Waals surface area contributed by atoms with Crippen molar-refractivity contribution in [2.75, 3.05) is 12.0 Å². The van der Waals surface area contributed by atoms with E-state index in [4.69, 9.17) is 4.74 Å². The SMILES string of the molecule is COc1ccc(-c2nnn(C(C)C(=O)N3c4ccccc4CCc4ccccc43)n2)cc1. The second-order valence-corrected chi connectivity index (χ2v) is 7.77. The Kier molecular flexibility index (Phi) is 5.15. The van der Waals surface area contributed by atoms with Gasteiger partial charge in [0.15, 0.2) is 0 Å². The van der Waals surface area contributed by atoms with E-state index in [0.717, 1.165) is 46.7 Å². The van der Waals surface area contributed by atoms with Gasteiger partial charge in [-0.05, 0) is 72.5 Å². The summed E-state index contributed by atoms with van der Waals surface area (Å²) in [6, 6.07) is 22.9. The fourth-order valence-corrected chi connectivity index (χ4v) is 4.05. The molecule has 1 amide bonds. The number of ether oxygens (including phenoxy) is 1. The Morgan fingerprint density at radius 2 is 1.50 bits per heavy atom. The number of carbonyl (C=O) groups excluding carboxylic acids is 1. The molecule has 4 aromatic rings. The van der Waals surface area contributed by atoms with Gasteiger partial charge in [0.25, 0.3) is 5.91 Å². The van der Waals surface area contributed by atoms with Crippen LogP contribution in [0.3, 0.4) is 0 Å². The molecule has 32 heavy (non-hydrogen) atoms. The maximum Gasteiger partial charge on any atom is 0.258 e. The van der Waals surface area contributed by atoms with Crippen LogP contribution in [-0.4, -0.2) is 33.2 Å². The Morgan fingerprint density at radius 1 is 0.906 bits per heavy atom. The van der Waals surface area contributed by atoms with Crippen LogP contribution >= 0.6 is 0 Å². The number of fused-ring (bicyclic) bond motifs is 2. The highest BCUT2D eigenvalue weighted by Gasteiger charge is 2.31. The maximum atomic E-state index is 13.8. The van der Waals surface area contributed by atoms with Crippen molar-refractivity contribution in [3.8, 4) is 17.1 Å². The van der Waals surface area contributed by atoms with Crippen LogP contribution in [0.1, 0.15) is 24.1 Å². The van der Waals surface area contributed by atoms with Crippen molar-refractivity contribution < 1.29 is 9.53 Å². The minimum absolute atomic E-state index is 0.106. The smallest absolute Gasteiger partial charge is 0.258 e. The van der Waals surface area contributed by atoms with Crippen LogP contribution in [0.4, 0.5) is 11.4 Å². The predicted molar refractivity (Wildman–Crippen MR) is 122 cm³/mol. The number of aryl methyl sites for hydroxylation is 2. The van der Waals surface area contributed by atoms with E-state index in [1.54, 1.807) is 18.9 Å². The molecule has 0 aliphatic carbocycles. The highest BCUT2D eigenvalue weighted by atomic mass is 16.5. The monoisotopic (exact) mass is 425 g/mol. The normalized spacial score (nSPS) is 13.6. The van der Waals surface area contributed by atoms with Gasteiger partial charge < -0.3 is 4.74 Å². The van der Waals surface area contributed by atoms with Gasteiger partial charge in [0.2, 0.25) is 5.82 Å². The van der Waals surface area contributed by atoms with Crippen molar-refractivity contribution in [1.82, 2.24) is 20.2 Å². The molecule has 1 aromatic heterocycles. The third kappa shape index (κ3) is 3.51. The van der Waals surface area contributed by atoms with Gasteiger partial charge in [-0.25, -0.2) is 0 Å². The number of nitrogens with zero attached hydrogens (tertiary/aromatic N) is 5. The molecule has 3 aromatic carbocycles. The maximum absolute atomic E-state index is 13.8. The quantitative estimate of drug-likeness (QED) is 0.485. The summed E-state index contributed by atoms with van der Waals surface area (Å²) in [6.07, 6.45) is 1.77. The largest absolute Gasteiger partial charge is 0.497 e. The molecule has 5 rings (SSSR count). The summed E-state index contributed by atoms with van der Waals surface area (Å²) in [7, 11) is 1.62. The van der Waals surface area contributed by atoms with Gasteiger partial charge in [-0.15, -0.1) is 10.2 Å². The zero-order chi connectivity index (χ0) is 22.1. The molecule has 7 nitrogen and oxygen atoms in total. The number of rotatable bonds is 4. The Labute approximate surface area is 186 Å². The minimum atomic E-state index is -0.631. The van der Waals surface area contributed by atoms with Crippen molar-refractivity contribution >= 4 is 17.3 Å². The first-order valence-corrected chi connectivity index (χ1v) is 10.6. The Hall–Kier alpha value is -4.00. The summed E-state index contributed by atoms with van der Waals surface area (Å²) in [5, 5.41) is 12.8. The van der Waals surface area contributed by atoms with Crippen molar-refractivity contribution in [2.24, 2.45) is 0 Å². The third-order valence-corrected chi connectivity index (χ3v) is 5.83. The molecule has 0 bridgehead atoms. The van der Waals surface area contributed by atoms with Crippen molar-refractivity contribution in [1.29, 1.82) is 0 Å². The highest BCUT2D eigenvalue weighted by Crippen LogP contribution is 2.37. The third-order valence-electron chi connectivity index (χ3n) is 5.83. The zero-order valence-electron chi connectivity index (χ0n) is 18.0. The number of tetrazole rings is 1. The van der Waals surface area contributed by atoms with Crippen molar-refractivity contribution in [3.05, 3.63) is 83.9 Å². The van der Waals surface area contributed by atoms with Gasteiger partial charge in [0.1, 0.15) is 11.8 Å². The molecule has 0 spiro atoms. The standard InChI is InChI=1S/C25H23N5O2/c1-17(30-27-24(26-28-30)20-13-15-21(32-2)16-14-20)25(31)29-22-9-5-3-7-18(22)11-12-19-8-4-6-10-23(19)29/h3-10,13-17H,11-12H2,1-2H3. The van der Waals surface area contributed by atoms with Crippen LogP contribution in [0.25, 0.3) is 11.4 Å². The van der Waals surface area contributed by atoms with Crippen LogP contribution < -0.4 is 9.64 Å². The number of amides is 1. The molecular formula is C25H23N5O2. The van der Waals surface area contributed by atoms with E-state index in [0.29, 0.717) is 5.82 Å². The van der Waals surface area contributed by atoms with E-state index < -0.39 is 6.04 Å². The lowest BCUT2D eigenvalue weighted by atomic mass is 10.0. The van der Waals surface area contributed by atoms with Crippen molar-refractivity contribution in [3.63, 3.8) is 0 Å². The van der Waals surface area contributed by atoms with Gasteiger partial charge in [0, 0.05) is 5.56 Å². The van der Waals surface area contributed by atoms with Crippen LogP contribution in [-0.2, 0) is 17.6 Å². The Bertz CT molecular complexity index is 1220. The summed E-state index contributed by atoms with van der Waals surface area (Å²) >= 11 is 0. The lowest BCUT2D eigenvalue weighted by molar-refractivity contribution is -0.121. The minimum Gasteiger partial charge on any atom is -0.497 e. The summed E-state index contributed by atoms with van der Waals surface area (Å²) < 4.78 is 5.20. The van der Waals surface area contributed by atoms with Gasteiger partial charge in [-0.3, -0.25) is 9.69 Å². The van der Waals surface area contributed by atoms with Crippen LogP contribution in [0.5, 0.6) is 5.75 Å². The summed E-state index contributed by atoms with van der Waals surface area (Å²) in [5.41, 5.74) is 4.92. The number of methoxy groups -OCH3 is 1. The van der Waals surface area contributed by atoms with Gasteiger partial charge >= 0.3 is 0 Å². The molecule has 0 saturated carbocycles. The molecule has 0 radical (unpaired) electrons. The van der Waals surface area contributed by atoms with E-state index in [1.807, 2.05) is 60.7 Å². The fourth-order valence-electron chi connectivity index (χ4n) is 4.05. The van der Waals surface area contributed by atoms with E-state index >= 15 is 0 Å². The Balaban J connectivity index is 1.50. The molecule has 1 unspecified atom stereocenters. The van der Waals surface area contributed by atoms with Crippen LogP contribution in [0, 0.1) is 0 Å². The van der Waals surface area contributed by atoms with E-state index in [1.165, 1.54) is 4.80 Å². The number of hydrogen-bond acceptors (Lipinski definition) is 5. The average Bonchev–Trinajstić information content (AvgIpc) is 3.27. The van der Waals surface area contributed by atoms with Crippen molar-refractivity contribution in [2.45, 2.75) is 25.8 Å². The Morgan fingerprint density at radius 3 is 2.09 bits per heavy atom. The number of anilines is 2. The van der Waals surface area contributed by atoms with E-state index in [9.17, 15) is 4.79 Å². The summed E-state index contributed by atoms with van der Waals surface area (Å²) in [5.74, 6) is 1.11. The molecule has 1 aliphatic heterocycles. The number of aromatic nitrogens is 4. The molecule has 0 saturated heterocycles. The lowest BCUT2D eigenvalue weighted by Crippen LogP contribution is -2.34.